The van der Waals surface area contributed by atoms with Crippen molar-refractivity contribution in [3.05, 3.63) is 109 Å². The van der Waals surface area contributed by atoms with Gasteiger partial charge in [0.2, 0.25) is 0 Å². The largest absolute Gasteiger partial charge is 0.462 e. The highest BCUT2D eigenvalue weighted by molar-refractivity contribution is 5.71. The van der Waals surface area contributed by atoms with E-state index in [1.165, 1.54) is 141 Å². The molecule has 0 rings (SSSR count). The van der Waals surface area contributed by atoms with Crippen LogP contribution in [0.3, 0.4) is 0 Å². The van der Waals surface area contributed by atoms with Gasteiger partial charge in [0.1, 0.15) is 13.2 Å². The molecule has 0 aromatic carbocycles. The molecule has 6 heteroatoms. The normalized spacial score (nSPS) is 12.8. The molecule has 0 saturated heterocycles. The maximum Gasteiger partial charge on any atom is 0.306 e. The predicted octanol–water partition coefficient (Wildman–Crippen LogP) is 21.8. The van der Waals surface area contributed by atoms with Gasteiger partial charge in [-0.3, -0.25) is 14.4 Å². The number of hydrogen-bond acceptors (Lipinski definition) is 6. The molecule has 0 bridgehead atoms. The Bertz CT molecular complexity index is 1540. The molecule has 0 saturated carbocycles. The molecular weight excluding hydrogens is 937 g/mol. The first-order valence-corrected chi connectivity index (χ1v) is 31.9. The van der Waals surface area contributed by atoms with E-state index in [1.807, 2.05) is 0 Å². The number of unbranched alkanes of at least 4 members (excludes halogenated alkanes) is 28. The number of esters is 3. The molecule has 0 aliphatic heterocycles. The van der Waals surface area contributed by atoms with Gasteiger partial charge in [-0.05, 0) is 128 Å². The van der Waals surface area contributed by atoms with Gasteiger partial charge in [-0.15, -0.1) is 0 Å². The van der Waals surface area contributed by atoms with Gasteiger partial charge in [0.25, 0.3) is 0 Å². The maximum atomic E-state index is 12.9. The average Bonchev–Trinajstić information content (AvgIpc) is 3.42. The Labute approximate surface area is 470 Å². The Hall–Kier alpha value is -3.93. The quantitative estimate of drug-likeness (QED) is 0.0261. The molecule has 434 valence electrons. The number of rotatable bonds is 57. The van der Waals surface area contributed by atoms with Crippen molar-refractivity contribution in [3.63, 3.8) is 0 Å². The fraction of sp³-hybridized carbons (Fsp3) is 0.700. The second kappa shape index (κ2) is 63.6. The average molecular weight is 1060 g/mol. The molecule has 0 fully saturated rings. The van der Waals surface area contributed by atoms with Crippen LogP contribution in [0.1, 0.15) is 297 Å². The van der Waals surface area contributed by atoms with E-state index in [0.29, 0.717) is 19.3 Å². The molecule has 0 aromatic heterocycles. The number of ether oxygens (including phenoxy) is 3. The van der Waals surface area contributed by atoms with Crippen molar-refractivity contribution < 1.29 is 28.6 Å². The molecule has 0 aliphatic rings. The van der Waals surface area contributed by atoms with E-state index >= 15 is 0 Å². The molecule has 0 spiro atoms. The van der Waals surface area contributed by atoms with E-state index in [-0.39, 0.29) is 31.1 Å². The van der Waals surface area contributed by atoms with Gasteiger partial charge in [0, 0.05) is 19.3 Å². The Morgan fingerprint density at radius 2 is 0.513 bits per heavy atom. The van der Waals surface area contributed by atoms with Gasteiger partial charge in [0.05, 0.1) is 0 Å². The van der Waals surface area contributed by atoms with E-state index < -0.39 is 6.10 Å². The zero-order valence-corrected chi connectivity index (χ0v) is 49.7. The van der Waals surface area contributed by atoms with E-state index in [1.54, 1.807) is 0 Å². The molecule has 76 heavy (non-hydrogen) atoms. The van der Waals surface area contributed by atoms with Crippen molar-refractivity contribution in [2.75, 3.05) is 13.2 Å². The zero-order chi connectivity index (χ0) is 55.0. The lowest BCUT2D eigenvalue weighted by Crippen LogP contribution is -2.30. The summed E-state index contributed by atoms with van der Waals surface area (Å²) < 4.78 is 16.9. The van der Waals surface area contributed by atoms with Crippen molar-refractivity contribution in [3.8, 4) is 0 Å². The Kier molecular flexibility index (Phi) is 60.3. The number of carbonyl (C=O) groups is 3. The summed E-state index contributed by atoms with van der Waals surface area (Å²) in [6.07, 6.45) is 86.6. The van der Waals surface area contributed by atoms with Crippen LogP contribution in [-0.4, -0.2) is 37.2 Å². The summed E-state index contributed by atoms with van der Waals surface area (Å²) >= 11 is 0. The van der Waals surface area contributed by atoms with Crippen LogP contribution >= 0.6 is 0 Å². The molecule has 0 heterocycles. The minimum absolute atomic E-state index is 0.0861. The van der Waals surface area contributed by atoms with Crippen molar-refractivity contribution in [2.45, 2.75) is 303 Å². The Morgan fingerprint density at radius 1 is 0.276 bits per heavy atom. The van der Waals surface area contributed by atoms with Crippen molar-refractivity contribution in [1.29, 1.82) is 0 Å². The Morgan fingerprint density at radius 3 is 0.816 bits per heavy atom. The van der Waals surface area contributed by atoms with E-state index in [9.17, 15) is 14.4 Å². The summed E-state index contributed by atoms with van der Waals surface area (Å²) in [4.78, 5) is 38.3. The van der Waals surface area contributed by atoms with Crippen molar-refractivity contribution in [2.24, 2.45) is 0 Å². The molecule has 1 atom stereocenters. The summed E-state index contributed by atoms with van der Waals surface area (Å²) in [5.74, 6) is -0.901. The van der Waals surface area contributed by atoms with Gasteiger partial charge in [-0.2, -0.15) is 0 Å². The summed E-state index contributed by atoms with van der Waals surface area (Å²) in [5, 5.41) is 0. The lowest BCUT2D eigenvalue weighted by molar-refractivity contribution is -0.167. The first kappa shape index (κ1) is 72.1. The highest BCUT2D eigenvalue weighted by atomic mass is 16.6. The van der Waals surface area contributed by atoms with Gasteiger partial charge >= 0.3 is 17.9 Å². The first-order valence-electron chi connectivity index (χ1n) is 31.9. The number of allylic oxidation sites excluding steroid dienone is 18. The van der Waals surface area contributed by atoms with Crippen LogP contribution < -0.4 is 0 Å². The molecule has 6 nitrogen and oxygen atoms in total. The van der Waals surface area contributed by atoms with Crippen LogP contribution in [0.2, 0.25) is 0 Å². The summed E-state index contributed by atoms with van der Waals surface area (Å²) in [6.45, 7) is 6.47. The minimum Gasteiger partial charge on any atom is -0.462 e. The maximum absolute atomic E-state index is 12.9. The second-order valence-electron chi connectivity index (χ2n) is 20.9. The number of hydrogen-bond donors (Lipinski definition) is 0. The standard InChI is InChI=1S/C70H118O6/c1-4-7-10-13-16-19-22-25-27-29-30-31-32-33-34-35-36-37-38-39-40-42-43-45-48-51-54-57-60-63-69(72)75-66-67(65-74-68(71)62-59-56-53-50-47-24-21-18-15-12-9-6-3)76-70(73)64-61-58-55-52-49-46-44-41-28-26-23-20-17-14-11-8-5-2/h7,10,16-21,25-28,30-31,33-34,36-37,67H,4-6,8-9,11-15,22-24,29,32,35,38-66H2,1-3H3/b10-7-,19-16-,20-17-,21-18-,27-25-,28-26-,31-30-,34-33-,37-36-. The summed E-state index contributed by atoms with van der Waals surface area (Å²) in [7, 11) is 0. The molecular formula is C70H118O6. The summed E-state index contributed by atoms with van der Waals surface area (Å²) in [6, 6.07) is 0. The smallest absolute Gasteiger partial charge is 0.306 e. The van der Waals surface area contributed by atoms with Crippen LogP contribution in [0.5, 0.6) is 0 Å². The summed E-state index contributed by atoms with van der Waals surface area (Å²) in [5.41, 5.74) is 0. The van der Waals surface area contributed by atoms with E-state index in [4.69, 9.17) is 14.2 Å². The molecule has 0 radical (unpaired) electrons. The molecule has 0 aromatic rings. The predicted molar refractivity (Wildman–Crippen MR) is 330 cm³/mol. The topological polar surface area (TPSA) is 78.9 Å². The third kappa shape index (κ3) is 60.9. The third-order valence-corrected chi connectivity index (χ3v) is 13.5. The fourth-order valence-electron chi connectivity index (χ4n) is 8.71. The molecule has 0 N–H and O–H groups in total. The lowest BCUT2D eigenvalue weighted by atomic mass is 10.1. The third-order valence-electron chi connectivity index (χ3n) is 13.5. The van der Waals surface area contributed by atoms with E-state index in [0.717, 1.165) is 116 Å². The second-order valence-corrected chi connectivity index (χ2v) is 20.9. The van der Waals surface area contributed by atoms with Gasteiger partial charge in [-0.1, -0.05) is 259 Å². The van der Waals surface area contributed by atoms with Gasteiger partial charge < -0.3 is 14.2 Å². The van der Waals surface area contributed by atoms with Crippen LogP contribution in [0.25, 0.3) is 0 Å². The van der Waals surface area contributed by atoms with Gasteiger partial charge in [0.15, 0.2) is 6.10 Å². The molecule has 0 amide bonds. The lowest BCUT2D eigenvalue weighted by Gasteiger charge is -2.18. The monoisotopic (exact) mass is 1050 g/mol. The van der Waals surface area contributed by atoms with Crippen molar-refractivity contribution in [1.82, 2.24) is 0 Å². The van der Waals surface area contributed by atoms with Crippen molar-refractivity contribution >= 4 is 17.9 Å². The van der Waals surface area contributed by atoms with Crippen LogP contribution in [0, 0.1) is 0 Å². The first-order chi connectivity index (χ1) is 37.5. The molecule has 1 unspecified atom stereocenters. The van der Waals surface area contributed by atoms with Crippen LogP contribution in [0.4, 0.5) is 0 Å². The number of carbonyl (C=O) groups excluding carboxylic acids is 3. The fourth-order valence-corrected chi connectivity index (χ4v) is 8.71. The van der Waals surface area contributed by atoms with Crippen LogP contribution in [0.15, 0.2) is 109 Å². The van der Waals surface area contributed by atoms with E-state index in [2.05, 4.69) is 130 Å². The van der Waals surface area contributed by atoms with Crippen LogP contribution in [-0.2, 0) is 28.6 Å². The minimum atomic E-state index is -0.789. The van der Waals surface area contributed by atoms with Gasteiger partial charge in [-0.25, -0.2) is 0 Å². The zero-order valence-electron chi connectivity index (χ0n) is 49.7. The SMILES string of the molecule is CC/C=C\C/C=C\C/C=C\C/C=C\C/C=C\C/C=C\CCCCCCCCCCCCC(=O)OCC(COC(=O)CCCCCCC/C=C\CCCCC)OC(=O)CCCCCCCCC/C=C\C/C=C\CCCCC. The highest BCUT2D eigenvalue weighted by Gasteiger charge is 2.19. The Balaban J connectivity index is 4.29. The highest BCUT2D eigenvalue weighted by Crippen LogP contribution is 2.15. The molecule has 0 aliphatic carbocycles.